The number of pyridine rings is 3. The first kappa shape index (κ1) is 33.9. The van der Waals surface area contributed by atoms with Crippen molar-refractivity contribution >= 4 is 32.8 Å². The minimum atomic E-state index is 0. The number of nitrogens with zero attached hydrogens (tertiary/aromatic N) is 3. The van der Waals surface area contributed by atoms with Crippen LogP contribution in [0.3, 0.4) is 0 Å². The molecular formula is C44H37IrN3O-2. The molecule has 8 aromatic rings. The Morgan fingerprint density at radius 3 is 2.31 bits per heavy atom. The molecule has 0 saturated carbocycles. The number of aromatic nitrogens is 3. The number of hydrogen-bond donors (Lipinski definition) is 0. The summed E-state index contributed by atoms with van der Waals surface area (Å²) < 4.78 is 6.20. The van der Waals surface area contributed by atoms with Gasteiger partial charge < -0.3 is 14.4 Å². The molecule has 0 unspecified atom stereocenters. The van der Waals surface area contributed by atoms with Gasteiger partial charge in [-0.25, -0.2) is 4.98 Å². The van der Waals surface area contributed by atoms with Gasteiger partial charge in [0.2, 0.25) is 5.71 Å². The summed E-state index contributed by atoms with van der Waals surface area (Å²) >= 11 is 0. The van der Waals surface area contributed by atoms with Crippen LogP contribution >= 0.6 is 0 Å². The number of furan rings is 1. The third-order valence-electron chi connectivity index (χ3n) is 8.71. The number of aryl methyl sites for hydroxylation is 3. The monoisotopic (exact) mass is 816 g/mol. The summed E-state index contributed by atoms with van der Waals surface area (Å²) in [5.74, 6) is 0. The molecule has 0 atom stereocenters. The van der Waals surface area contributed by atoms with Crippen molar-refractivity contribution < 1.29 is 24.5 Å². The van der Waals surface area contributed by atoms with E-state index < -0.39 is 0 Å². The Morgan fingerprint density at radius 2 is 1.55 bits per heavy atom. The fraction of sp³-hybridized carbons (Fsp3) is 0.159. The van der Waals surface area contributed by atoms with E-state index in [0.29, 0.717) is 5.71 Å². The van der Waals surface area contributed by atoms with Crippen LogP contribution in [-0.2, 0) is 25.5 Å². The van der Waals surface area contributed by atoms with Gasteiger partial charge in [0.1, 0.15) is 0 Å². The van der Waals surface area contributed by atoms with Crippen molar-refractivity contribution in [3.05, 3.63) is 150 Å². The van der Waals surface area contributed by atoms with Crippen molar-refractivity contribution in [2.45, 2.75) is 47.0 Å². The Labute approximate surface area is 301 Å². The number of benzene rings is 4. The predicted octanol–water partition coefficient (Wildman–Crippen LogP) is 11.4. The molecule has 0 aliphatic heterocycles. The quantitative estimate of drug-likeness (QED) is 0.167. The fourth-order valence-corrected chi connectivity index (χ4v) is 6.01. The van der Waals surface area contributed by atoms with Crippen molar-refractivity contribution in [1.29, 1.82) is 0 Å². The molecular weight excluding hydrogens is 779 g/mol. The molecule has 4 nitrogen and oxygen atoms in total. The summed E-state index contributed by atoms with van der Waals surface area (Å²) in [6.07, 6.45) is 3.74. The van der Waals surface area contributed by atoms with Gasteiger partial charge in [-0.1, -0.05) is 74.2 Å². The van der Waals surface area contributed by atoms with E-state index in [0.717, 1.165) is 50.1 Å². The maximum Gasteiger partial charge on any atom is 0.216 e. The third-order valence-corrected chi connectivity index (χ3v) is 8.71. The molecule has 0 saturated heterocycles. The van der Waals surface area contributed by atoms with E-state index in [2.05, 4.69) is 104 Å². The van der Waals surface area contributed by atoms with Crippen LogP contribution in [0.25, 0.3) is 66.5 Å². The smallest absolute Gasteiger partial charge is 0.216 e. The molecule has 4 aromatic carbocycles. The van der Waals surface area contributed by atoms with Crippen molar-refractivity contribution in [3.63, 3.8) is 0 Å². The average Bonchev–Trinajstić information content (AvgIpc) is 3.46. The normalized spacial score (nSPS) is 11.3. The minimum absolute atomic E-state index is 0. The van der Waals surface area contributed by atoms with E-state index in [1.54, 1.807) is 0 Å². The molecule has 0 spiro atoms. The SMILES string of the molecule is Cc1ccc(-c2[c-]cccc2)nc1.Cc1ccc2c(n1)oc1c(-c3cc(-c4cc5ccc(C(C)(C)C)cc5cc4C)ccn3)[c-]ccc12.[Ir]. The zero-order valence-corrected chi connectivity index (χ0v) is 30.9. The largest absolute Gasteiger partial charge is 0.486 e. The van der Waals surface area contributed by atoms with Gasteiger partial charge in [0.15, 0.2) is 0 Å². The Bertz CT molecular complexity index is 2410. The first-order valence-corrected chi connectivity index (χ1v) is 16.3. The van der Waals surface area contributed by atoms with Crippen molar-refractivity contribution in [2.75, 3.05) is 0 Å². The van der Waals surface area contributed by atoms with Crippen molar-refractivity contribution in [2.24, 2.45) is 0 Å². The first-order chi connectivity index (χ1) is 23.1. The number of fused-ring (bicyclic) bond motifs is 4. The molecule has 0 aliphatic rings. The maximum absolute atomic E-state index is 6.20. The van der Waals surface area contributed by atoms with E-state index in [9.17, 15) is 0 Å². The molecule has 5 heteroatoms. The Hall–Kier alpha value is -4.96. The van der Waals surface area contributed by atoms with Gasteiger partial charge in [0.25, 0.3) is 0 Å². The van der Waals surface area contributed by atoms with E-state index >= 15 is 0 Å². The fourth-order valence-electron chi connectivity index (χ4n) is 6.01. The molecule has 8 rings (SSSR count). The molecule has 0 bridgehead atoms. The maximum atomic E-state index is 6.20. The molecule has 0 N–H and O–H groups in total. The van der Waals surface area contributed by atoms with Gasteiger partial charge in [-0.2, -0.15) is 0 Å². The van der Waals surface area contributed by atoms with Gasteiger partial charge in [-0.15, -0.1) is 54.1 Å². The topological polar surface area (TPSA) is 51.8 Å². The van der Waals surface area contributed by atoms with Crippen LogP contribution in [0.15, 0.2) is 120 Å². The summed E-state index contributed by atoms with van der Waals surface area (Å²) in [4.78, 5) is 13.6. The molecule has 245 valence electrons. The Balaban J connectivity index is 0.000000250. The van der Waals surface area contributed by atoms with Gasteiger partial charge >= 0.3 is 0 Å². The standard InChI is InChI=1S/C32H27N2O.C12H10N.Ir/c1-19-15-23-16-24(32(3,4)5)11-10-21(23)17-28(19)22-13-14-33-29(18-22)27-8-6-7-25-26-12-9-20(2)34-31(26)35-30(25)27;1-10-7-8-12(13-9-10)11-5-3-2-4-6-11;/h6-7,9-18H,1-5H3;2-5,7-9H,1H3;/q2*-1;. The van der Waals surface area contributed by atoms with Crippen LogP contribution in [-0.4, -0.2) is 15.0 Å². The van der Waals surface area contributed by atoms with Crippen LogP contribution in [0, 0.1) is 32.9 Å². The summed E-state index contributed by atoms with van der Waals surface area (Å²) in [5, 5.41) is 4.56. The predicted molar refractivity (Wildman–Crippen MR) is 198 cm³/mol. The summed E-state index contributed by atoms with van der Waals surface area (Å²) in [7, 11) is 0. The Morgan fingerprint density at radius 1 is 0.694 bits per heavy atom. The number of rotatable bonds is 3. The average molecular weight is 816 g/mol. The second kappa shape index (κ2) is 13.9. The van der Waals surface area contributed by atoms with Crippen molar-refractivity contribution in [3.8, 4) is 33.6 Å². The van der Waals surface area contributed by atoms with E-state index in [1.807, 2.05) is 74.8 Å². The van der Waals surface area contributed by atoms with Gasteiger partial charge in [0, 0.05) is 43.6 Å². The zero-order chi connectivity index (χ0) is 33.4. The van der Waals surface area contributed by atoms with Gasteiger partial charge in [-0.05, 0) is 100 Å². The van der Waals surface area contributed by atoms with Crippen LogP contribution in [0.1, 0.15) is 43.2 Å². The molecule has 0 amide bonds. The molecule has 1 radical (unpaired) electrons. The zero-order valence-electron chi connectivity index (χ0n) is 28.6. The van der Waals surface area contributed by atoms with Crippen LogP contribution in [0.5, 0.6) is 0 Å². The van der Waals surface area contributed by atoms with Crippen LogP contribution < -0.4 is 0 Å². The Kier molecular flexibility index (Phi) is 9.61. The van der Waals surface area contributed by atoms with Crippen molar-refractivity contribution in [1.82, 2.24) is 15.0 Å². The molecule has 4 aromatic heterocycles. The second-order valence-corrected chi connectivity index (χ2v) is 13.4. The summed E-state index contributed by atoms with van der Waals surface area (Å²) in [6, 6.07) is 42.1. The first-order valence-electron chi connectivity index (χ1n) is 16.3. The van der Waals surface area contributed by atoms with Gasteiger partial charge in [-0.3, -0.25) is 0 Å². The summed E-state index contributed by atoms with van der Waals surface area (Å²) in [5.41, 5.74) is 12.3. The molecule has 49 heavy (non-hydrogen) atoms. The van der Waals surface area contributed by atoms with Crippen LogP contribution in [0.2, 0.25) is 0 Å². The van der Waals surface area contributed by atoms with E-state index in [4.69, 9.17) is 9.40 Å². The van der Waals surface area contributed by atoms with E-state index in [1.165, 1.54) is 33.0 Å². The van der Waals surface area contributed by atoms with Gasteiger partial charge in [0.05, 0.1) is 5.58 Å². The third kappa shape index (κ3) is 7.10. The molecule has 0 aliphatic carbocycles. The van der Waals surface area contributed by atoms with Crippen LogP contribution in [0.4, 0.5) is 0 Å². The second-order valence-electron chi connectivity index (χ2n) is 13.4. The summed E-state index contributed by atoms with van der Waals surface area (Å²) in [6.45, 7) is 12.9. The van der Waals surface area contributed by atoms with E-state index in [-0.39, 0.29) is 25.5 Å². The molecule has 4 heterocycles. The number of hydrogen-bond acceptors (Lipinski definition) is 4. The minimum Gasteiger partial charge on any atom is -0.486 e. The molecule has 0 fully saturated rings.